The van der Waals surface area contributed by atoms with Crippen molar-refractivity contribution in [1.82, 2.24) is 4.98 Å². The molecule has 263 valence electrons. The number of halogens is 1. The Hall–Kier alpha value is -2.64. The smallest absolute Gasteiger partial charge is 0 e. The Morgan fingerprint density at radius 1 is 0.939 bits per heavy atom. The minimum Gasteiger partial charge on any atom is 0 e. The Bertz CT molecular complexity index is 1950. The fourth-order valence-corrected chi connectivity index (χ4v) is 10.4. The van der Waals surface area contributed by atoms with Crippen molar-refractivity contribution in [3.8, 4) is 21.7 Å². The van der Waals surface area contributed by atoms with Crippen LogP contribution in [0.15, 0.2) is 78.7 Å². The Morgan fingerprint density at radius 2 is 1.57 bits per heavy atom. The maximum Gasteiger partial charge on any atom is 0 e. The molecule has 1 radical (unpaired) electrons. The second-order valence-electron chi connectivity index (χ2n) is 14.4. The molecule has 2 heterocycles. The van der Waals surface area contributed by atoms with E-state index in [1.807, 2.05) is 66.8 Å². The van der Waals surface area contributed by atoms with E-state index in [0.29, 0.717) is 5.56 Å². The van der Waals surface area contributed by atoms with Crippen molar-refractivity contribution < 1.29 is 34.4 Å². The molecule has 0 amide bonds. The molecule has 3 aromatic carbocycles. The Kier molecular flexibility index (Phi) is 13.8. The van der Waals surface area contributed by atoms with Gasteiger partial charge in [0.05, 0.1) is 0 Å². The van der Waals surface area contributed by atoms with E-state index in [2.05, 4.69) is 59.7 Å². The normalized spacial score (nSPS) is 12.4. The molecule has 5 aromatic rings. The maximum absolute atomic E-state index is 14.2. The van der Waals surface area contributed by atoms with E-state index in [-0.39, 0.29) is 48.3 Å². The number of aliphatic hydroxyl groups is 1. The van der Waals surface area contributed by atoms with Crippen LogP contribution in [0, 0.1) is 29.6 Å². The number of aromatic nitrogens is 1. The number of nitrogens with zero attached hydrogens (tertiary/aromatic N) is 1. The minimum atomic E-state index is -2.13. The zero-order chi connectivity index (χ0) is 35.4. The van der Waals surface area contributed by atoms with E-state index in [0.717, 1.165) is 62.9 Å². The summed E-state index contributed by atoms with van der Waals surface area (Å²) in [5.41, 5.74) is 3.03. The van der Waals surface area contributed by atoms with Crippen molar-refractivity contribution >= 4 is 55.6 Å². The molecular weight excluding hydrogens is 866 g/mol. The van der Waals surface area contributed by atoms with Gasteiger partial charge >= 0.3 is 189 Å². The third kappa shape index (κ3) is 8.82. The van der Waals surface area contributed by atoms with Crippen LogP contribution in [0.25, 0.3) is 42.6 Å². The molecular formula is C42H51FGeIrNO2S-. The van der Waals surface area contributed by atoms with Gasteiger partial charge < -0.3 is 5.11 Å². The van der Waals surface area contributed by atoms with Gasteiger partial charge in [-0.2, -0.15) is 0 Å². The summed E-state index contributed by atoms with van der Waals surface area (Å²) >= 11 is -0.448. The number of hydrogen-bond acceptors (Lipinski definition) is 4. The number of hydrogen-bond donors (Lipinski definition) is 1. The first-order chi connectivity index (χ1) is 22.6. The van der Waals surface area contributed by atoms with Gasteiger partial charge in [-0.15, -0.1) is 0 Å². The number of rotatable bonds is 10. The Balaban J connectivity index is 0.000000312. The van der Waals surface area contributed by atoms with Crippen LogP contribution < -0.4 is 4.40 Å². The number of fused-ring (bicyclic) bond motifs is 2. The molecule has 5 rings (SSSR count). The molecule has 0 atom stereocenters. The number of pyridine rings is 1. The summed E-state index contributed by atoms with van der Waals surface area (Å²) in [6.45, 7) is 13.9. The molecule has 7 heteroatoms. The molecule has 0 aliphatic carbocycles. The molecule has 0 aliphatic rings. The van der Waals surface area contributed by atoms with Crippen molar-refractivity contribution in [2.24, 2.45) is 10.8 Å². The number of thiophene rings is 1. The van der Waals surface area contributed by atoms with Crippen LogP contribution in [0.2, 0.25) is 17.3 Å². The van der Waals surface area contributed by atoms with Crippen LogP contribution in [0.4, 0.5) is 4.39 Å². The average Bonchev–Trinajstić information content (AvgIpc) is 3.52. The van der Waals surface area contributed by atoms with Gasteiger partial charge in [0, 0.05) is 37.0 Å². The first kappa shape index (κ1) is 40.8. The summed E-state index contributed by atoms with van der Waals surface area (Å²) in [5, 5.41) is 13.7. The Labute approximate surface area is 313 Å². The van der Waals surface area contributed by atoms with Gasteiger partial charge in [0.2, 0.25) is 0 Å². The van der Waals surface area contributed by atoms with E-state index in [1.165, 1.54) is 21.9 Å². The number of carbonyl (C=O) groups is 1. The number of carbonyl (C=O) groups excluding carboxylic acids is 1. The molecule has 2 aromatic heterocycles. The number of ketones is 1. The molecule has 3 nitrogen and oxygen atoms in total. The second kappa shape index (κ2) is 16.6. The van der Waals surface area contributed by atoms with Gasteiger partial charge in [-0.3, -0.25) is 4.79 Å². The first-order valence-corrected chi connectivity index (χ1v) is 25.3. The summed E-state index contributed by atoms with van der Waals surface area (Å²) < 4.78 is 16.8. The predicted molar refractivity (Wildman–Crippen MR) is 208 cm³/mol. The molecule has 0 spiro atoms. The summed E-state index contributed by atoms with van der Waals surface area (Å²) in [4.78, 5) is 18.0. The molecule has 0 saturated heterocycles. The predicted octanol–water partition coefficient (Wildman–Crippen LogP) is 12.2. The molecule has 0 bridgehead atoms. The van der Waals surface area contributed by atoms with Crippen LogP contribution in [-0.4, -0.2) is 29.1 Å². The fraction of sp³-hybridized carbons (Fsp3) is 0.381. The van der Waals surface area contributed by atoms with E-state index in [4.69, 9.17) is 4.98 Å². The third-order valence-electron chi connectivity index (χ3n) is 10.4. The molecule has 0 aliphatic heterocycles. The van der Waals surface area contributed by atoms with Gasteiger partial charge in [-0.1, -0.05) is 41.5 Å². The largest absolute Gasteiger partial charge is 0 e. The maximum atomic E-state index is 14.2. The fourth-order valence-electron chi connectivity index (χ4n) is 5.83. The Morgan fingerprint density at radius 3 is 2.18 bits per heavy atom. The van der Waals surface area contributed by atoms with Crippen molar-refractivity contribution in [3.63, 3.8) is 0 Å². The van der Waals surface area contributed by atoms with Gasteiger partial charge in [-0.05, 0) is 25.7 Å². The minimum absolute atomic E-state index is 0. The van der Waals surface area contributed by atoms with E-state index < -0.39 is 13.3 Å². The molecule has 0 unspecified atom stereocenters. The standard InChI is InChI=1S/C27H23FGeNS.C15H28O2.Ir/c1-17-21(10-7-11-23(17)28)25-16-19-12-13-30-26(27(19)31-25)20-14-18-8-5-6-9-22(18)24(15-20)29(2,3)4;1-7-14(5,8-2)12(16)11-13(17)15(6,9-3)10-4;/h5-13,15-16H,1-4H3;11,16H,7-10H2,1-6H3;/q-1;;/b;12-11-;. The third-order valence-corrected chi connectivity index (χ3v) is 15.9. The monoisotopic (exact) mass is 919 g/mol. The zero-order valence-electron chi connectivity index (χ0n) is 30.7. The second-order valence-corrected chi connectivity index (χ2v) is 26.0. The summed E-state index contributed by atoms with van der Waals surface area (Å²) in [6.07, 6.45) is 6.62. The van der Waals surface area contributed by atoms with E-state index in [9.17, 15) is 14.3 Å². The van der Waals surface area contributed by atoms with Crippen molar-refractivity contribution in [2.75, 3.05) is 0 Å². The summed E-state index contributed by atoms with van der Waals surface area (Å²) in [7, 11) is 0. The first-order valence-electron chi connectivity index (χ1n) is 17.2. The van der Waals surface area contributed by atoms with Crippen LogP contribution in [0.1, 0.15) is 72.8 Å². The molecule has 1 N–H and O–H groups in total. The van der Waals surface area contributed by atoms with Gasteiger partial charge in [0.1, 0.15) is 5.76 Å². The number of allylic oxidation sites excluding steroid dienone is 2. The number of aliphatic hydroxyl groups excluding tert-OH is 1. The summed E-state index contributed by atoms with van der Waals surface area (Å²) in [6, 6.07) is 24.0. The van der Waals surface area contributed by atoms with Gasteiger partial charge in [0.25, 0.3) is 0 Å². The SMILES string of the molecule is CCC(C)(CC)C(=O)/C=C(\O)C(C)(CC)CC.Cc1c(F)cccc1-c1cc2ccnc(-c3[c-]c4ccccc4[c]([Ge]([CH3])([CH3])[CH3])c3)c2s1.[Ir]. The summed E-state index contributed by atoms with van der Waals surface area (Å²) in [5.74, 6) is 7.40. The quantitative estimate of drug-likeness (QED) is 0.0657. The molecule has 0 fully saturated rings. The van der Waals surface area contributed by atoms with Gasteiger partial charge in [0.15, 0.2) is 5.78 Å². The molecule has 0 saturated carbocycles. The van der Waals surface area contributed by atoms with Crippen LogP contribution in [-0.2, 0) is 24.9 Å². The van der Waals surface area contributed by atoms with E-state index in [1.54, 1.807) is 17.4 Å². The van der Waals surface area contributed by atoms with Crippen LogP contribution in [0.5, 0.6) is 0 Å². The molecule has 49 heavy (non-hydrogen) atoms. The van der Waals surface area contributed by atoms with Crippen molar-refractivity contribution in [1.29, 1.82) is 0 Å². The zero-order valence-corrected chi connectivity index (χ0v) is 36.0. The van der Waals surface area contributed by atoms with Gasteiger partial charge in [-0.25, -0.2) is 0 Å². The van der Waals surface area contributed by atoms with E-state index >= 15 is 0 Å². The number of benzene rings is 3. The topological polar surface area (TPSA) is 50.2 Å². The van der Waals surface area contributed by atoms with Crippen molar-refractivity contribution in [3.05, 3.63) is 96.1 Å². The van der Waals surface area contributed by atoms with Crippen LogP contribution in [0.3, 0.4) is 0 Å². The van der Waals surface area contributed by atoms with Crippen LogP contribution >= 0.6 is 11.3 Å². The van der Waals surface area contributed by atoms with Crippen molar-refractivity contribution in [2.45, 2.75) is 91.4 Å². The average molecular weight is 918 g/mol.